The van der Waals surface area contributed by atoms with Crippen LogP contribution in [-0.4, -0.2) is 16.2 Å². The molecule has 138 valence electrons. The van der Waals surface area contributed by atoms with E-state index in [-0.39, 0.29) is 17.7 Å². The Hall–Kier alpha value is -1.16. The summed E-state index contributed by atoms with van der Waals surface area (Å²) in [5.74, 6) is 2.50. The van der Waals surface area contributed by atoms with Crippen molar-refractivity contribution in [2.45, 2.75) is 64.3 Å². The Morgan fingerprint density at radius 2 is 1.68 bits per heavy atom. The Balaban J connectivity index is 1.47. The molecule has 0 unspecified atom stereocenters. The molecule has 0 aliphatic heterocycles. The molecule has 2 saturated carbocycles. The second kappa shape index (κ2) is 8.48. The maximum atomic E-state index is 13.6. The molecule has 2 nitrogen and oxygen atoms in total. The molecule has 0 aromatic heterocycles. The number of halogens is 1. The molecule has 2 aliphatic rings. The lowest BCUT2D eigenvalue weighted by Crippen LogP contribution is -2.30. The van der Waals surface area contributed by atoms with Crippen LogP contribution in [0.1, 0.15) is 56.9 Å². The Morgan fingerprint density at radius 3 is 2.24 bits per heavy atom. The van der Waals surface area contributed by atoms with Crippen LogP contribution in [0, 0.1) is 36.4 Å². The predicted molar refractivity (Wildman–Crippen MR) is 102 cm³/mol. The number of hydrogen-bond acceptors (Lipinski definition) is 2. The van der Waals surface area contributed by atoms with Crippen molar-refractivity contribution in [2.24, 2.45) is 23.7 Å². The molecule has 1 aromatic carbocycles. The van der Waals surface area contributed by atoms with Crippen molar-refractivity contribution in [3.63, 3.8) is 0 Å². The largest absolute Gasteiger partial charge is 0.426 e. The summed E-state index contributed by atoms with van der Waals surface area (Å²) in [5.41, 5.74) is 0.570. The summed E-state index contributed by atoms with van der Waals surface area (Å²) in [5, 5.41) is 0. The summed E-state index contributed by atoms with van der Waals surface area (Å²) in [6.45, 7) is 1.71. The second-order valence-electron chi connectivity index (χ2n) is 8.13. The van der Waals surface area contributed by atoms with E-state index < -0.39 is 0 Å². The molecule has 0 radical (unpaired) electrons. The summed E-state index contributed by atoms with van der Waals surface area (Å²) in [4.78, 5) is 12.4. The van der Waals surface area contributed by atoms with Gasteiger partial charge in [-0.05, 0) is 74.8 Å². The zero-order valence-electron chi connectivity index (χ0n) is 15.6. The van der Waals surface area contributed by atoms with Gasteiger partial charge in [0.2, 0.25) is 0 Å². The van der Waals surface area contributed by atoms with Gasteiger partial charge in [-0.25, -0.2) is 4.39 Å². The second-order valence-corrected chi connectivity index (χ2v) is 8.95. The van der Waals surface area contributed by atoms with Gasteiger partial charge in [0.1, 0.15) is 11.6 Å². The summed E-state index contributed by atoms with van der Waals surface area (Å²) in [6, 6.07) is 6.11. The predicted octanol–water partition coefficient (Wildman–Crippen LogP) is 4.44. The van der Waals surface area contributed by atoms with Crippen molar-refractivity contribution >= 4 is 16.2 Å². The van der Waals surface area contributed by atoms with Crippen LogP contribution in [0.15, 0.2) is 18.2 Å². The number of rotatable bonds is 4. The highest BCUT2D eigenvalue weighted by Crippen LogP contribution is 2.42. The van der Waals surface area contributed by atoms with E-state index >= 15 is 0 Å². The number of esters is 1. The smallest absolute Gasteiger partial charge is 0.314 e. The number of carbonyl (C=O) groups excluding carboxylic acids is 1. The fourth-order valence-corrected chi connectivity index (χ4v) is 5.55. The van der Waals surface area contributed by atoms with Gasteiger partial charge in [0.15, 0.2) is 0 Å². The Labute approximate surface area is 154 Å². The quantitative estimate of drug-likeness (QED) is 0.450. The van der Waals surface area contributed by atoms with Crippen molar-refractivity contribution in [3.05, 3.63) is 29.6 Å². The van der Waals surface area contributed by atoms with Crippen molar-refractivity contribution in [1.29, 1.82) is 0 Å². The summed E-state index contributed by atoms with van der Waals surface area (Å²) < 4.78 is 19.0. The third-order valence-corrected chi connectivity index (χ3v) is 7.76. The molecule has 1 aromatic rings. The van der Waals surface area contributed by atoms with Crippen LogP contribution in [0.2, 0.25) is 6.04 Å². The maximum absolute atomic E-state index is 13.6. The molecule has 4 heteroatoms. The number of benzene rings is 1. The lowest BCUT2D eigenvalue weighted by Gasteiger charge is -2.37. The van der Waals surface area contributed by atoms with Gasteiger partial charge in [0.25, 0.3) is 0 Å². The van der Waals surface area contributed by atoms with E-state index in [1.807, 2.05) is 0 Å². The SMILES string of the molecule is Cc1ccc(OC(=O)C2CCC(C3CCC(C[SiH3])CC3)CC2)cc1F. The highest BCUT2D eigenvalue weighted by molar-refractivity contribution is 6.08. The molecular formula is C21H31FO2Si. The first-order chi connectivity index (χ1) is 12.1. The summed E-state index contributed by atoms with van der Waals surface area (Å²) >= 11 is 0. The van der Waals surface area contributed by atoms with Gasteiger partial charge in [-0.15, -0.1) is 0 Å². The third kappa shape index (κ3) is 4.72. The molecule has 0 N–H and O–H groups in total. The molecule has 0 atom stereocenters. The number of aryl methyl sites for hydroxylation is 1. The fourth-order valence-electron chi connectivity index (χ4n) is 4.73. The summed E-state index contributed by atoms with van der Waals surface area (Å²) in [6.07, 6.45) is 9.81. The zero-order valence-corrected chi connectivity index (χ0v) is 17.6. The number of ether oxygens (including phenoxy) is 1. The molecule has 25 heavy (non-hydrogen) atoms. The Bertz CT molecular complexity index is 588. The van der Waals surface area contributed by atoms with Crippen molar-refractivity contribution in [3.8, 4) is 5.75 Å². The van der Waals surface area contributed by atoms with E-state index in [9.17, 15) is 9.18 Å². The highest BCUT2D eigenvalue weighted by Gasteiger charge is 2.33. The lowest BCUT2D eigenvalue weighted by atomic mass is 9.69. The monoisotopic (exact) mass is 362 g/mol. The number of hydrogen-bond donors (Lipinski definition) is 0. The summed E-state index contributed by atoms with van der Waals surface area (Å²) in [7, 11) is 1.34. The van der Waals surface area contributed by atoms with Crippen LogP contribution in [-0.2, 0) is 4.79 Å². The molecule has 2 aliphatic carbocycles. The third-order valence-electron chi connectivity index (χ3n) is 6.60. The van der Waals surface area contributed by atoms with E-state index in [1.54, 1.807) is 19.1 Å². The molecule has 3 rings (SSSR count). The van der Waals surface area contributed by atoms with Crippen molar-refractivity contribution < 1.29 is 13.9 Å². The number of carbonyl (C=O) groups is 1. The molecule has 0 heterocycles. The molecular weight excluding hydrogens is 331 g/mol. The first-order valence-corrected chi connectivity index (χ1v) is 11.5. The van der Waals surface area contributed by atoms with E-state index in [1.165, 1.54) is 48.0 Å². The molecule has 0 saturated heterocycles. The average molecular weight is 363 g/mol. The van der Waals surface area contributed by atoms with Gasteiger partial charge in [0.05, 0.1) is 5.92 Å². The molecule has 0 bridgehead atoms. The van der Waals surface area contributed by atoms with Gasteiger partial charge in [0, 0.05) is 16.3 Å². The van der Waals surface area contributed by atoms with Crippen molar-refractivity contribution in [1.82, 2.24) is 0 Å². The van der Waals surface area contributed by atoms with Crippen molar-refractivity contribution in [2.75, 3.05) is 0 Å². The van der Waals surface area contributed by atoms with Crippen LogP contribution in [0.3, 0.4) is 0 Å². The Morgan fingerprint density at radius 1 is 1.08 bits per heavy atom. The topological polar surface area (TPSA) is 26.3 Å². The van der Waals surface area contributed by atoms with Crippen LogP contribution in [0.4, 0.5) is 4.39 Å². The fraction of sp³-hybridized carbons (Fsp3) is 0.667. The highest BCUT2D eigenvalue weighted by atomic mass is 28.1. The van der Waals surface area contributed by atoms with Gasteiger partial charge >= 0.3 is 5.97 Å². The van der Waals surface area contributed by atoms with E-state index in [0.717, 1.165) is 43.4 Å². The van der Waals surface area contributed by atoms with E-state index in [2.05, 4.69) is 0 Å². The standard InChI is InChI=1S/C21H31FO2Si/c1-14-2-11-19(12-20(14)22)24-21(23)18-9-7-17(8-10-18)16-5-3-15(13-25)4-6-16/h2,11-12,15-18H,3-10,13H2,1,25H3. The minimum absolute atomic E-state index is 0.0152. The van der Waals surface area contributed by atoms with Gasteiger partial charge in [-0.1, -0.05) is 25.0 Å². The first-order valence-electron chi connectivity index (χ1n) is 10.0. The maximum Gasteiger partial charge on any atom is 0.314 e. The van der Waals surface area contributed by atoms with E-state index in [0.29, 0.717) is 11.3 Å². The van der Waals surface area contributed by atoms with E-state index in [4.69, 9.17) is 4.74 Å². The van der Waals surface area contributed by atoms with Crippen LogP contribution < -0.4 is 4.74 Å². The first kappa shape index (κ1) is 18.6. The molecule has 2 fully saturated rings. The van der Waals surface area contributed by atoms with Gasteiger partial charge < -0.3 is 4.74 Å². The van der Waals surface area contributed by atoms with Crippen LogP contribution >= 0.6 is 0 Å². The van der Waals surface area contributed by atoms with Crippen LogP contribution in [0.5, 0.6) is 5.75 Å². The zero-order chi connectivity index (χ0) is 17.8. The normalized spacial score (nSPS) is 30.2. The molecule has 0 spiro atoms. The minimum atomic E-state index is -0.320. The minimum Gasteiger partial charge on any atom is -0.426 e. The lowest BCUT2D eigenvalue weighted by molar-refractivity contribution is -0.140. The van der Waals surface area contributed by atoms with Gasteiger partial charge in [-0.3, -0.25) is 4.79 Å². The van der Waals surface area contributed by atoms with Crippen LogP contribution in [0.25, 0.3) is 0 Å². The average Bonchev–Trinajstić information content (AvgIpc) is 2.65. The van der Waals surface area contributed by atoms with Gasteiger partial charge in [-0.2, -0.15) is 0 Å². The Kier molecular flexibility index (Phi) is 6.32. The molecule has 0 amide bonds.